The fourth-order valence-electron chi connectivity index (χ4n) is 1.70. The van der Waals surface area contributed by atoms with Crippen molar-refractivity contribution in [1.29, 1.82) is 0 Å². The lowest BCUT2D eigenvalue weighted by Gasteiger charge is -2.31. The van der Waals surface area contributed by atoms with E-state index < -0.39 is 0 Å². The van der Waals surface area contributed by atoms with Crippen LogP contribution in [0.25, 0.3) is 0 Å². The second-order valence-corrected chi connectivity index (χ2v) is 3.85. The molecule has 1 aliphatic rings. The van der Waals surface area contributed by atoms with Gasteiger partial charge < -0.3 is 20.5 Å². The highest BCUT2D eigenvalue weighted by atomic mass is 16.5. The molecule has 1 fully saturated rings. The van der Waals surface area contributed by atoms with E-state index in [2.05, 4.69) is 0 Å². The average molecular weight is 216 g/mol. The number of aliphatic hydroxyl groups is 1. The van der Waals surface area contributed by atoms with Crippen LogP contribution in [0.5, 0.6) is 0 Å². The van der Waals surface area contributed by atoms with Crippen LogP contribution < -0.4 is 5.73 Å². The van der Waals surface area contributed by atoms with Gasteiger partial charge in [0.2, 0.25) is 5.91 Å². The zero-order valence-corrected chi connectivity index (χ0v) is 9.02. The van der Waals surface area contributed by atoms with Crippen LogP contribution >= 0.6 is 0 Å². The maximum atomic E-state index is 11.6. The predicted molar refractivity (Wildman–Crippen MR) is 56.3 cm³/mol. The Morgan fingerprint density at radius 2 is 2.13 bits per heavy atom. The number of piperidine rings is 1. The summed E-state index contributed by atoms with van der Waals surface area (Å²) in [6.07, 6.45) is 1.78. The number of nitrogens with two attached hydrogens (primary N) is 1. The average Bonchev–Trinajstić information content (AvgIpc) is 2.29. The molecule has 0 unspecified atom stereocenters. The van der Waals surface area contributed by atoms with E-state index in [1.165, 1.54) is 0 Å². The van der Waals surface area contributed by atoms with Crippen molar-refractivity contribution < 1.29 is 14.6 Å². The lowest BCUT2D eigenvalue weighted by Crippen LogP contribution is -2.41. The SMILES string of the molecule is NCCOCC(=O)N1CCC(CO)CC1. The van der Waals surface area contributed by atoms with Crippen molar-refractivity contribution in [2.75, 3.05) is 39.5 Å². The van der Waals surface area contributed by atoms with Crippen molar-refractivity contribution in [2.24, 2.45) is 11.7 Å². The van der Waals surface area contributed by atoms with E-state index in [4.69, 9.17) is 15.6 Å². The molecular weight excluding hydrogens is 196 g/mol. The first-order valence-electron chi connectivity index (χ1n) is 5.44. The van der Waals surface area contributed by atoms with Crippen LogP contribution in [0, 0.1) is 5.92 Å². The van der Waals surface area contributed by atoms with Crippen LogP contribution in [0.4, 0.5) is 0 Å². The first-order chi connectivity index (χ1) is 7.27. The van der Waals surface area contributed by atoms with Gasteiger partial charge in [-0.1, -0.05) is 0 Å². The van der Waals surface area contributed by atoms with Gasteiger partial charge in [-0.2, -0.15) is 0 Å². The summed E-state index contributed by atoms with van der Waals surface area (Å²) in [4.78, 5) is 13.4. The molecular formula is C10H20N2O3. The summed E-state index contributed by atoms with van der Waals surface area (Å²) in [5, 5.41) is 8.95. The van der Waals surface area contributed by atoms with Crippen LogP contribution in [-0.4, -0.2) is 55.4 Å². The highest BCUT2D eigenvalue weighted by Crippen LogP contribution is 2.16. The number of carbonyl (C=O) groups is 1. The molecule has 0 saturated carbocycles. The van der Waals surface area contributed by atoms with Crippen molar-refractivity contribution in [1.82, 2.24) is 4.90 Å². The van der Waals surface area contributed by atoms with Gasteiger partial charge in [0.05, 0.1) is 6.61 Å². The van der Waals surface area contributed by atoms with E-state index in [-0.39, 0.29) is 19.1 Å². The number of nitrogens with zero attached hydrogens (tertiary/aromatic N) is 1. The molecule has 5 nitrogen and oxygen atoms in total. The predicted octanol–water partition coefficient (Wildman–Crippen LogP) is -0.807. The molecule has 0 aliphatic carbocycles. The molecule has 1 rings (SSSR count). The quantitative estimate of drug-likeness (QED) is 0.589. The highest BCUT2D eigenvalue weighted by molar-refractivity contribution is 5.77. The van der Waals surface area contributed by atoms with E-state index in [1.807, 2.05) is 0 Å². The number of ether oxygens (including phenoxy) is 1. The Balaban J connectivity index is 2.18. The van der Waals surface area contributed by atoms with Gasteiger partial charge in [-0.15, -0.1) is 0 Å². The van der Waals surface area contributed by atoms with Crippen molar-refractivity contribution in [3.05, 3.63) is 0 Å². The minimum absolute atomic E-state index is 0.0276. The molecule has 0 aromatic carbocycles. The Hall–Kier alpha value is -0.650. The summed E-state index contributed by atoms with van der Waals surface area (Å²) < 4.78 is 5.09. The van der Waals surface area contributed by atoms with E-state index in [0.29, 0.717) is 19.1 Å². The monoisotopic (exact) mass is 216 g/mol. The van der Waals surface area contributed by atoms with Crippen LogP contribution in [0.2, 0.25) is 0 Å². The maximum absolute atomic E-state index is 11.6. The van der Waals surface area contributed by atoms with Crippen LogP contribution in [-0.2, 0) is 9.53 Å². The van der Waals surface area contributed by atoms with E-state index in [9.17, 15) is 4.79 Å². The van der Waals surface area contributed by atoms with Gasteiger partial charge >= 0.3 is 0 Å². The molecule has 1 aliphatic heterocycles. The third-order valence-electron chi connectivity index (χ3n) is 2.71. The lowest BCUT2D eigenvalue weighted by molar-refractivity contribution is -0.137. The van der Waals surface area contributed by atoms with E-state index in [0.717, 1.165) is 25.9 Å². The second kappa shape index (κ2) is 6.76. The Labute approximate surface area is 90.2 Å². The Kier molecular flexibility index (Phi) is 5.60. The maximum Gasteiger partial charge on any atom is 0.248 e. The Bertz CT molecular complexity index is 191. The molecule has 88 valence electrons. The number of amides is 1. The minimum Gasteiger partial charge on any atom is -0.396 e. The summed E-state index contributed by atoms with van der Waals surface area (Å²) in [5.41, 5.74) is 5.25. The molecule has 0 aromatic heterocycles. The molecule has 3 N–H and O–H groups in total. The topological polar surface area (TPSA) is 75.8 Å². The summed E-state index contributed by atoms with van der Waals surface area (Å²) >= 11 is 0. The number of rotatable bonds is 5. The molecule has 0 aromatic rings. The number of hydrogen-bond donors (Lipinski definition) is 2. The zero-order chi connectivity index (χ0) is 11.1. The van der Waals surface area contributed by atoms with Gasteiger partial charge in [-0.3, -0.25) is 4.79 Å². The van der Waals surface area contributed by atoms with Gasteiger partial charge in [-0.25, -0.2) is 0 Å². The highest BCUT2D eigenvalue weighted by Gasteiger charge is 2.21. The Morgan fingerprint density at radius 1 is 1.47 bits per heavy atom. The third-order valence-corrected chi connectivity index (χ3v) is 2.71. The van der Waals surface area contributed by atoms with Crippen LogP contribution in [0.3, 0.4) is 0 Å². The molecule has 0 atom stereocenters. The third kappa shape index (κ3) is 4.15. The molecule has 1 heterocycles. The van der Waals surface area contributed by atoms with E-state index >= 15 is 0 Å². The lowest BCUT2D eigenvalue weighted by atomic mass is 9.98. The zero-order valence-electron chi connectivity index (χ0n) is 9.02. The Morgan fingerprint density at radius 3 is 2.67 bits per heavy atom. The van der Waals surface area contributed by atoms with Gasteiger partial charge in [0.1, 0.15) is 6.61 Å². The summed E-state index contributed by atoms with van der Waals surface area (Å²) in [7, 11) is 0. The van der Waals surface area contributed by atoms with Crippen molar-refractivity contribution in [3.63, 3.8) is 0 Å². The largest absolute Gasteiger partial charge is 0.396 e. The van der Waals surface area contributed by atoms with Gasteiger partial charge in [0.25, 0.3) is 0 Å². The second-order valence-electron chi connectivity index (χ2n) is 3.85. The van der Waals surface area contributed by atoms with Crippen molar-refractivity contribution in [2.45, 2.75) is 12.8 Å². The molecule has 5 heteroatoms. The van der Waals surface area contributed by atoms with Crippen LogP contribution in [0.1, 0.15) is 12.8 Å². The van der Waals surface area contributed by atoms with Crippen molar-refractivity contribution >= 4 is 5.91 Å². The normalized spacial score (nSPS) is 18.1. The fraction of sp³-hybridized carbons (Fsp3) is 0.900. The van der Waals surface area contributed by atoms with Gasteiger partial charge in [0.15, 0.2) is 0 Å². The molecule has 0 spiro atoms. The van der Waals surface area contributed by atoms with Crippen LogP contribution in [0.15, 0.2) is 0 Å². The molecule has 0 bridgehead atoms. The van der Waals surface area contributed by atoms with Crippen molar-refractivity contribution in [3.8, 4) is 0 Å². The molecule has 15 heavy (non-hydrogen) atoms. The first-order valence-corrected chi connectivity index (χ1v) is 5.44. The summed E-state index contributed by atoms with van der Waals surface area (Å²) in [6, 6.07) is 0. The fourth-order valence-corrected chi connectivity index (χ4v) is 1.70. The number of hydrogen-bond acceptors (Lipinski definition) is 4. The van der Waals surface area contributed by atoms with Gasteiger partial charge in [0, 0.05) is 26.2 Å². The smallest absolute Gasteiger partial charge is 0.248 e. The molecule has 1 saturated heterocycles. The summed E-state index contributed by atoms with van der Waals surface area (Å²) in [5.74, 6) is 0.388. The standard InChI is InChI=1S/C10H20N2O3/c11-3-6-15-8-10(14)12-4-1-9(7-13)2-5-12/h9,13H,1-8,11H2. The number of likely N-dealkylation sites (tertiary alicyclic amines) is 1. The molecule has 0 radical (unpaired) electrons. The first kappa shape index (κ1) is 12.4. The van der Waals surface area contributed by atoms with E-state index in [1.54, 1.807) is 4.90 Å². The molecule has 1 amide bonds. The minimum atomic E-state index is 0.0276. The van der Waals surface area contributed by atoms with Gasteiger partial charge in [-0.05, 0) is 18.8 Å². The summed E-state index contributed by atoms with van der Waals surface area (Å²) in [6.45, 7) is 2.69. The number of carbonyl (C=O) groups excluding carboxylic acids is 1. The number of aliphatic hydroxyl groups excluding tert-OH is 1.